The second-order valence-corrected chi connectivity index (χ2v) is 6.07. The van der Waals surface area contributed by atoms with Crippen molar-refractivity contribution < 1.29 is 5.11 Å². The van der Waals surface area contributed by atoms with Crippen molar-refractivity contribution in [3.63, 3.8) is 0 Å². The molecule has 1 aliphatic rings. The van der Waals surface area contributed by atoms with Crippen LogP contribution in [-0.4, -0.2) is 37.2 Å². The Labute approximate surface area is 116 Å². The van der Waals surface area contributed by atoms with Crippen LogP contribution < -0.4 is 5.32 Å². The van der Waals surface area contributed by atoms with Crippen molar-refractivity contribution >= 4 is 0 Å². The van der Waals surface area contributed by atoms with Gasteiger partial charge >= 0.3 is 0 Å². The van der Waals surface area contributed by atoms with Crippen LogP contribution in [0.3, 0.4) is 0 Å². The van der Waals surface area contributed by atoms with Crippen LogP contribution in [0.2, 0.25) is 0 Å². The highest BCUT2D eigenvalue weighted by atomic mass is 16.3. The molecule has 0 saturated carbocycles. The first kappa shape index (κ1) is 14.4. The number of piperidine rings is 1. The van der Waals surface area contributed by atoms with Gasteiger partial charge in [0.25, 0.3) is 0 Å². The van der Waals surface area contributed by atoms with E-state index >= 15 is 0 Å². The number of hydrogen-bond acceptors (Lipinski definition) is 3. The molecule has 1 heterocycles. The summed E-state index contributed by atoms with van der Waals surface area (Å²) in [5.74, 6) is 1.22. The zero-order valence-electron chi connectivity index (χ0n) is 12.4. The summed E-state index contributed by atoms with van der Waals surface area (Å²) < 4.78 is 0. The van der Waals surface area contributed by atoms with E-state index in [0.29, 0.717) is 11.7 Å². The van der Waals surface area contributed by atoms with Crippen LogP contribution in [-0.2, 0) is 13.0 Å². The minimum atomic E-state index is 0.512. The van der Waals surface area contributed by atoms with Crippen molar-refractivity contribution in [2.45, 2.75) is 32.7 Å². The fourth-order valence-electron chi connectivity index (χ4n) is 2.95. The van der Waals surface area contributed by atoms with E-state index in [9.17, 15) is 5.11 Å². The van der Waals surface area contributed by atoms with Gasteiger partial charge in [-0.2, -0.15) is 0 Å². The molecule has 2 rings (SSSR count). The molecule has 0 unspecified atom stereocenters. The maximum absolute atomic E-state index is 10.5. The number of nitrogens with one attached hydrogen (secondary N) is 1. The predicted octanol–water partition coefficient (Wildman–Crippen LogP) is 2.30. The van der Waals surface area contributed by atoms with E-state index in [-0.39, 0.29) is 0 Å². The van der Waals surface area contributed by atoms with E-state index in [2.05, 4.69) is 29.3 Å². The minimum Gasteiger partial charge on any atom is -0.507 e. The number of nitrogens with zero attached hydrogens (tertiary/aromatic N) is 1. The predicted molar refractivity (Wildman–Crippen MR) is 79.5 cm³/mol. The Hall–Kier alpha value is -1.06. The van der Waals surface area contributed by atoms with E-state index in [4.69, 9.17) is 0 Å². The summed E-state index contributed by atoms with van der Waals surface area (Å²) in [6.07, 6.45) is 3.45. The molecule has 3 nitrogen and oxygen atoms in total. The molecule has 0 aromatic heterocycles. The normalized spacial score (nSPS) is 17.1. The van der Waals surface area contributed by atoms with E-state index in [0.717, 1.165) is 37.2 Å². The molecule has 1 fully saturated rings. The van der Waals surface area contributed by atoms with Gasteiger partial charge in [0.1, 0.15) is 5.75 Å². The van der Waals surface area contributed by atoms with Gasteiger partial charge in [-0.05, 0) is 64.9 Å². The zero-order chi connectivity index (χ0) is 13.8. The zero-order valence-corrected chi connectivity index (χ0v) is 12.4. The molecule has 0 bridgehead atoms. The Balaban J connectivity index is 2.16. The minimum absolute atomic E-state index is 0.512. The molecular weight excluding hydrogens is 236 g/mol. The molecule has 3 heteroatoms. The highest BCUT2D eigenvalue weighted by Crippen LogP contribution is 2.29. The van der Waals surface area contributed by atoms with Crippen LogP contribution in [0.15, 0.2) is 12.1 Å². The Morgan fingerprint density at radius 1 is 1.21 bits per heavy atom. The Kier molecular flexibility index (Phi) is 4.83. The lowest BCUT2D eigenvalue weighted by molar-refractivity contribution is 0.360. The molecule has 2 N–H and O–H groups in total. The molecular formula is C16H26N2O. The van der Waals surface area contributed by atoms with Gasteiger partial charge in [0, 0.05) is 12.1 Å². The van der Waals surface area contributed by atoms with Crippen LogP contribution in [0.1, 0.15) is 29.5 Å². The van der Waals surface area contributed by atoms with E-state index in [1.165, 1.54) is 18.4 Å². The highest BCUT2D eigenvalue weighted by molar-refractivity contribution is 5.43. The molecule has 0 radical (unpaired) electrons. The highest BCUT2D eigenvalue weighted by Gasteiger charge is 2.17. The summed E-state index contributed by atoms with van der Waals surface area (Å²) in [5, 5.41) is 13.8. The smallest absolute Gasteiger partial charge is 0.123 e. The van der Waals surface area contributed by atoms with Gasteiger partial charge in [0.05, 0.1) is 0 Å². The fourth-order valence-corrected chi connectivity index (χ4v) is 2.95. The van der Waals surface area contributed by atoms with Crippen molar-refractivity contribution in [2.75, 3.05) is 27.2 Å². The largest absolute Gasteiger partial charge is 0.507 e. The number of rotatable bonds is 4. The van der Waals surface area contributed by atoms with Gasteiger partial charge < -0.3 is 15.3 Å². The molecule has 1 aromatic rings. The number of hydrogen-bond donors (Lipinski definition) is 2. The maximum Gasteiger partial charge on any atom is 0.123 e. The van der Waals surface area contributed by atoms with E-state index in [1.807, 2.05) is 14.1 Å². The van der Waals surface area contributed by atoms with Gasteiger partial charge in [0.15, 0.2) is 0 Å². The molecule has 1 saturated heterocycles. The summed E-state index contributed by atoms with van der Waals surface area (Å²) in [6.45, 7) is 5.14. The Morgan fingerprint density at radius 3 is 2.47 bits per heavy atom. The van der Waals surface area contributed by atoms with Gasteiger partial charge in [-0.25, -0.2) is 0 Å². The molecule has 19 heavy (non-hydrogen) atoms. The summed E-state index contributed by atoms with van der Waals surface area (Å²) in [7, 11) is 4.07. The molecule has 1 aromatic carbocycles. The second kappa shape index (κ2) is 6.40. The van der Waals surface area contributed by atoms with Crippen molar-refractivity contribution in [3.05, 3.63) is 28.8 Å². The number of phenols is 1. The number of aromatic hydroxyl groups is 1. The first-order valence-corrected chi connectivity index (χ1v) is 7.23. The average Bonchev–Trinajstić information content (AvgIpc) is 2.35. The SMILES string of the molecule is Cc1cc(CC2CCNCC2)c(O)c(CN(C)C)c1. The van der Waals surface area contributed by atoms with Crippen molar-refractivity contribution in [2.24, 2.45) is 5.92 Å². The monoisotopic (exact) mass is 262 g/mol. The van der Waals surface area contributed by atoms with Crippen molar-refractivity contribution in [1.29, 1.82) is 0 Å². The van der Waals surface area contributed by atoms with Crippen LogP contribution in [0.25, 0.3) is 0 Å². The van der Waals surface area contributed by atoms with Crippen LogP contribution in [0.5, 0.6) is 5.75 Å². The van der Waals surface area contributed by atoms with E-state index < -0.39 is 0 Å². The molecule has 0 atom stereocenters. The first-order valence-electron chi connectivity index (χ1n) is 7.23. The number of aryl methyl sites for hydroxylation is 1. The number of benzene rings is 1. The molecule has 1 aliphatic heterocycles. The molecule has 0 spiro atoms. The van der Waals surface area contributed by atoms with Gasteiger partial charge in [0.2, 0.25) is 0 Å². The third-order valence-electron chi connectivity index (χ3n) is 3.87. The average molecular weight is 262 g/mol. The summed E-state index contributed by atoms with van der Waals surface area (Å²) in [4.78, 5) is 2.10. The summed E-state index contributed by atoms with van der Waals surface area (Å²) in [5.41, 5.74) is 3.43. The first-order chi connectivity index (χ1) is 9.06. The number of phenolic OH excluding ortho intramolecular Hbond substituents is 1. The summed E-state index contributed by atoms with van der Waals surface area (Å²) in [6, 6.07) is 4.25. The Bertz CT molecular complexity index is 423. The summed E-state index contributed by atoms with van der Waals surface area (Å²) >= 11 is 0. The van der Waals surface area contributed by atoms with Crippen LogP contribution in [0, 0.1) is 12.8 Å². The Morgan fingerprint density at radius 2 is 1.84 bits per heavy atom. The van der Waals surface area contributed by atoms with E-state index in [1.54, 1.807) is 0 Å². The lowest BCUT2D eigenvalue weighted by atomic mass is 9.89. The third-order valence-corrected chi connectivity index (χ3v) is 3.87. The third kappa shape index (κ3) is 3.95. The van der Waals surface area contributed by atoms with Crippen molar-refractivity contribution in [1.82, 2.24) is 10.2 Å². The standard InChI is InChI=1S/C16H26N2O/c1-12-8-14(10-13-4-6-17-7-5-13)16(19)15(9-12)11-18(2)3/h8-9,13,17,19H,4-7,10-11H2,1-3H3. The fraction of sp³-hybridized carbons (Fsp3) is 0.625. The van der Waals surface area contributed by atoms with Crippen molar-refractivity contribution in [3.8, 4) is 5.75 Å². The van der Waals surface area contributed by atoms with Crippen LogP contribution in [0.4, 0.5) is 0 Å². The lowest BCUT2D eigenvalue weighted by Gasteiger charge is -2.24. The van der Waals surface area contributed by atoms with Gasteiger partial charge in [-0.15, -0.1) is 0 Å². The maximum atomic E-state index is 10.5. The molecule has 0 amide bonds. The van der Waals surface area contributed by atoms with Crippen LogP contribution >= 0.6 is 0 Å². The van der Waals surface area contributed by atoms with Gasteiger partial charge in [-0.1, -0.05) is 17.7 Å². The lowest BCUT2D eigenvalue weighted by Crippen LogP contribution is -2.28. The molecule has 106 valence electrons. The van der Waals surface area contributed by atoms with Gasteiger partial charge in [-0.3, -0.25) is 0 Å². The topological polar surface area (TPSA) is 35.5 Å². The molecule has 0 aliphatic carbocycles. The second-order valence-electron chi connectivity index (χ2n) is 6.07. The quantitative estimate of drug-likeness (QED) is 0.874.